The van der Waals surface area contributed by atoms with E-state index in [1.54, 1.807) is 4.90 Å². The first-order valence-corrected chi connectivity index (χ1v) is 5.90. The van der Waals surface area contributed by atoms with E-state index in [1.807, 2.05) is 14.1 Å². The van der Waals surface area contributed by atoms with Crippen molar-refractivity contribution in [1.29, 1.82) is 0 Å². The van der Waals surface area contributed by atoms with Crippen LogP contribution in [0.4, 0.5) is 0 Å². The Morgan fingerprint density at radius 2 is 1.80 bits per heavy atom. The van der Waals surface area contributed by atoms with E-state index in [0.29, 0.717) is 12.0 Å². The Labute approximate surface area is 93.2 Å². The van der Waals surface area contributed by atoms with Crippen LogP contribution >= 0.6 is 0 Å². The van der Waals surface area contributed by atoms with Gasteiger partial charge in [-0.2, -0.15) is 0 Å². The molecule has 0 saturated heterocycles. The second kappa shape index (κ2) is 4.97. The molecule has 1 rings (SSSR count). The van der Waals surface area contributed by atoms with Crippen molar-refractivity contribution in [1.82, 2.24) is 10.2 Å². The van der Waals surface area contributed by atoms with Gasteiger partial charge in [0.1, 0.15) is 0 Å². The first-order valence-electron chi connectivity index (χ1n) is 5.90. The lowest BCUT2D eigenvalue weighted by molar-refractivity contribution is -0.132. The van der Waals surface area contributed by atoms with Crippen LogP contribution in [0, 0.1) is 11.8 Å². The molecule has 3 nitrogen and oxygen atoms in total. The summed E-state index contributed by atoms with van der Waals surface area (Å²) in [6, 6.07) is 0.442. The van der Waals surface area contributed by atoms with Gasteiger partial charge >= 0.3 is 0 Å². The smallest absolute Gasteiger partial charge is 0.239 e. The van der Waals surface area contributed by atoms with Crippen molar-refractivity contribution in [2.75, 3.05) is 14.1 Å². The minimum atomic E-state index is -0.0319. The molecule has 0 aromatic rings. The fourth-order valence-electron chi connectivity index (χ4n) is 1.84. The van der Waals surface area contributed by atoms with Crippen LogP contribution in [-0.2, 0) is 4.79 Å². The quantitative estimate of drug-likeness (QED) is 0.749. The van der Waals surface area contributed by atoms with Crippen LogP contribution in [0.5, 0.6) is 0 Å². The minimum absolute atomic E-state index is 0.0319. The molecule has 1 aliphatic carbocycles. The summed E-state index contributed by atoms with van der Waals surface area (Å²) in [5.41, 5.74) is 0. The first-order chi connectivity index (χ1) is 6.93. The highest BCUT2D eigenvalue weighted by atomic mass is 16.2. The molecule has 0 aromatic heterocycles. The lowest BCUT2D eigenvalue weighted by Crippen LogP contribution is -2.50. The second-order valence-electron chi connectivity index (χ2n) is 5.25. The maximum Gasteiger partial charge on any atom is 0.239 e. The van der Waals surface area contributed by atoms with E-state index in [4.69, 9.17) is 0 Å². The Morgan fingerprint density at radius 3 is 2.13 bits per heavy atom. The number of amides is 1. The SMILES string of the molecule is CC(C)C(NC(C)C1CC1)C(=O)N(C)C. The molecule has 2 unspecified atom stereocenters. The van der Waals surface area contributed by atoms with Crippen LogP contribution in [-0.4, -0.2) is 37.0 Å². The number of likely N-dealkylation sites (N-methyl/N-ethyl adjacent to an activating group) is 1. The zero-order valence-electron chi connectivity index (χ0n) is 10.6. The average molecular weight is 212 g/mol. The molecule has 1 N–H and O–H groups in total. The van der Waals surface area contributed by atoms with Gasteiger partial charge < -0.3 is 10.2 Å². The van der Waals surface area contributed by atoms with Gasteiger partial charge in [-0.05, 0) is 31.6 Å². The van der Waals surface area contributed by atoms with E-state index in [1.165, 1.54) is 12.8 Å². The monoisotopic (exact) mass is 212 g/mol. The fourth-order valence-corrected chi connectivity index (χ4v) is 1.84. The summed E-state index contributed by atoms with van der Waals surface area (Å²) in [6.07, 6.45) is 2.63. The van der Waals surface area contributed by atoms with Crippen molar-refractivity contribution in [3.05, 3.63) is 0 Å². The number of hydrogen-bond donors (Lipinski definition) is 1. The molecule has 88 valence electrons. The Kier molecular flexibility index (Phi) is 4.14. The van der Waals surface area contributed by atoms with Crippen molar-refractivity contribution in [3.8, 4) is 0 Å². The number of nitrogens with one attached hydrogen (secondary N) is 1. The molecule has 3 heteroatoms. The molecule has 0 heterocycles. The molecular weight excluding hydrogens is 188 g/mol. The molecule has 0 bridgehead atoms. The maximum atomic E-state index is 11.9. The van der Waals surface area contributed by atoms with Crippen molar-refractivity contribution in [2.45, 2.75) is 45.7 Å². The summed E-state index contributed by atoms with van der Waals surface area (Å²) < 4.78 is 0. The average Bonchev–Trinajstić information content (AvgIpc) is 2.94. The highest BCUT2D eigenvalue weighted by Crippen LogP contribution is 2.32. The predicted octanol–water partition coefficient (Wildman–Crippen LogP) is 1.49. The van der Waals surface area contributed by atoms with Gasteiger partial charge in [0, 0.05) is 20.1 Å². The summed E-state index contributed by atoms with van der Waals surface area (Å²) in [7, 11) is 3.64. The molecule has 2 atom stereocenters. The zero-order valence-corrected chi connectivity index (χ0v) is 10.6. The van der Waals surface area contributed by atoms with Gasteiger partial charge in [-0.15, -0.1) is 0 Å². The van der Waals surface area contributed by atoms with E-state index in [0.717, 1.165) is 5.92 Å². The molecule has 1 saturated carbocycles. The van der Waals surface area contributed by atoms with E-state index in [9.17, 15) is 4.79 Å². The molecule has 15 heavy (non-hydrogen) atoms. The Bertz CT molecular complexity index is 222. The standard InChI is InChI=1S/C12H24N2O/c1-8(2)11(12(15)14(4)5)13-9(3)10-6-7-10/h8-11,13H,6-7H2,1-5H3. The third-order valence-electron chi connectivity index (χ3n) is 3.15. The third-order valence-corrected chi connectivity index (χ3v) is 3.15. The first kappa shape index (κ1) is 12.5. The fraction of sp³-hybridized carbons (Fsp3) is 0.917. The normalized spacial score (nSPS) is 20.1. The topological polar surface area (TPSA) is 32.3 Å². The molecular formula is C12H24N2O. The van der Waals surface area contributed by atoms with E-state index < -0.39 is 0 Å². The van der Waals surface area contributed by atoms with Crippen LogP contribution in [0.3, 0.4) is 0 Å². The number of carbonyl (C=O) groups excluding carboxylic acids is 1. The van der Waals surface area contributed by atoms with Gasteiger partial charge in [-0.3, -0.25) is 4.79 Å². The van der Waals surface area contributed by atoms with Crippen LogP contribution < -0.4 is 5.32 Å². The zero-order chi connectivity index (χ0) is 11.6. The van der Waals surface area contributed by atoms with E-state index in [2.05, 4.69) is 26.1 Å². The Hall–Kier alpha value is -0.570. The molecule has 0 spiro atoms. The van der Waals surface area contributed by atoms with Crippen molar-refractivity contribution in [3.63, 3.8) is 0 Å². The van der Waals surface area contributed by atoms with Crippen molar-refractivity contribution < 1.29 is 4.79 Å². The second-order valence-corrected chi connectivity index (χ2v) is 5.25. The largest absolute Gasteiger partial charge is 0.347 e. The summed E-state index contributed by atoms with van der Waals surface area (Å²) >= 11 is 0. The molecule has 1 aliphatic rings. The molecule has 1 amide bonds. The summed E-state index contributed by atoms with van der Waals surface area (Å²) in [5, 5.41) is 3.47. The summed E-state index contributed by atoms with van der Waals surface area (Å²) in [6.45, 7) is 6.38. The Morgan fingerprint density at radius 1 is 1.27 bits per heavy atom. The number of hydrogen-bond acceptors (Lipinski definition) is 2. The molecule has 0 aromatic carbocycles. The van der Waals surface area contributed by atoms with Crippen molar-refractivity contribution >= 4 is 5.91 Å². The van der Waals surface area contributed by atoms with E-state index >= 15 is 0 Å². The Balaban J connectivity index is 2.52. The lowest BCUT2D eigenvalue weighted by Gasteiger charge is -2.28. The van der Waals surface area contributed by atoms with Gasteiger partial charge in [0.05, 0.1) is 6.04 Å². The minimum Gasteiger partial charge on any atom is -0.347 e. The molecule has 0 radical (unpaired) electrons. The number of rotatable bonds is 5. The van der Waals surface area contributed by atoms with Gasteiger partial charge in [0.2, 0.25) is 5.91 Å². The third kappa shape index (κ3) is 3.49. The number of carbonyl (C=O) groups is 1. The molecule has 1 fully saturated rings. The number of nitrogens with zero attached hydrogens (tertiary/aromatic N) is 1. The van der Waals surface area contributed by atoms with Gasteiger partial charge in [-0.25, -0.2) is 0 Å². The van der Waals surface area contributed by atoms with Crippen LogP contribution in [0.15, 0.2) is 0 Å². The maximum absolute atomic E-state index is 11.9. The summed E-state index contributed by atoms with van der Waals surface area (Å²) in [5.74, 6) is 1.33. The van der Waals surface area contributed by atoms with Gasteiger partial charge in [0.25, 0.3) is 0 Å². The van der Waals surface area contributed by atoms with Crippen LogP contribution in [0.25, 0.3) is 0 Å². The van der Waals surface area contributed by atoms with Crippen LogP contribution in [0.2, 0.25) is 0 Å². The molecule has 0 aliphatic heterocycles. The highest BCUT2D eigenvalue weighted by Gasteiger charge is 2.32. The lowest BCUT2D eigenvalue weighted by atomic mass is 10.0. The summed E-state index contributed by atoms with van der Waals surface area (Å²) in [4.78, 5) is 13.6. The van der Waals surface area contributed by atoms with Gasteiger partial charge in [-0.1, -0.05) is 13.8 Å². The van der Waals surface area contributed by atoms with E-state index in [-0.39, 0.29) is 11.9 Å². The highest BCUT2D eigenvalue weighted by molar-refractivity contribution is 5.81. The van der Waals surface area contributed by atoms with Gasteiger partial charge in [0.15, 0.2) is 0 Å². The van der Waals surface area contributed by atoms with Crippen molar-refractivity contribution in [2.24, 2.45) is 11.8 Å². The van der Waals surface area contributed by atoms with Crippen LogP contribution in [0.1, 0.15) is 33.6 Å². The predicted molar refractivity (Wildman–Crippen MR) is 62.6 cm³/mol.